The summed E-state index contributed by atoms with van der Waals surface area (Å²) < 4.78 is 1.75. The Morgan fingerprint density at radius 3 is 2.93 bits per heavy atom. The van der Waals surface area contributed by atoms with Gasteiger partial charge >= 0.3 is 0 Å². The molecule has 0 aliphatic rings. The second-order valence-corrected chi connectivity index (χ2v) is 3.65. The van der Waals surface area contributed by atoms with Crippen LogP contribution in [0.4, 0.5) is 0 Å². The average molecular weight is 206 g/mol. The molecule has 0 saturated carbocycles. The van der Waals surface area contributed by atoms with Gasteiger partial charge in [0.25, 0.3) is 0 Å². The van der Waals surface area contributed by atoms with Crippen LogP contribution < -0.4 is 5.73 Å². The molecule has 0 amide bonds. The Morgan fingerprint density at radius 1 is 1.53 bits per heavy atom. The SMILES string of the molecule is Cc1cnc2cc(C(N)CO)nn2c1C. The molecule has 0 bridgehead atoms. The number of nitrogens with zero attached hydrogens (tertiary/aromatic N) is 3. The first-order valence-electron chi connectivity index (χ1n) is 4.82. The Morgan fingerprint density at radius 2 is 2.27 bits per heavy atom. The molecule has 15 heavy (non-hydrogen) atoms. The topological polar surface area (TPSA) is 76.4 Å². The van der Waals surface area contributed by atoms with Crippen LogP contribution >= 0.6 is 0 Å². The molecule has 2 aromatic rings. The quantitative estimate of drug-likeness (QED) is 0.742. The highest BCUT2D eigenvalue weighted by Crippen LogP contribution is 2.13. The zero-order valence-corrected chi connectivity index (χ0v) is 8.81. The van der Waals surface area contributed by atoms with E-state index in [1.165, 1.54) is 0 Å². The van der Waals surface area contributed by atoms with Crippen molar-refractivity contribution in [2.75, 3.05) is 6.61 Å². The monoisotopic (exact) mass is 206 g/mol. The van der Waals surface area contributed by atoms with E-state index in [9.17, 15) is 0 Å². The van der Waals surface area contributed by atoms with Gasteiger partial charge in [0.2, 0.25) is 0 Å². The maximum Gasteiger partial charge on any atom is 0.155 e. The summed E-state index contributed by atoms with van der Waals surface area (Å²) in [7, 11) is 0. The zero-order valence-electron chi connectivity index (χ0n) is 8.81. The second-order valence-electron chi connectivity index (χ2n) is 3.65. The summed E-state index contributed by atoms with van der Waals surface area (Å²) >= 11 is 0. The van der Waals surface area contributed by atoms with Gasteiger partial charge in [-0.1, -0.05) is 0 Å². The van der Waals surface area contributed by atoms with Gasteiger partial charge in [0.15, 0.2) is 5.65 Å². The number of hydrogen-bond donors (Lipinski definition) is 2. The van der Waals surface area contributed by atoms with Crippen LogP contribution in [0.2, 0.25) is 0 Å². The molecule has 5 heteroatoms. The molecule has 0 aliphatic carbocycles. The van der Waals surface area contributed by atoms with Crippen molar-refractivity contribution in [3.05, 3.63) is 29.2 Å². The minimum absolute atomic E-state index is 0.109. The zero-order chi connectivity index (χ0) is 11.0. The summed E-state index contributed by atoms with van der Waals surface area (Å²) in [4.78, 5) is 4.24. The molecule has 5 nitrogen and oxygen atoms in total. The van der Waals surface area contributed by atoms with Crippen molar-refractivity contribution in [2.24, 2.45) is 5.73 Å². The summed E-state index contributed by atoms with van der Waals surface area (Å²) in [5.74, 6) is 0. The summed E-state index contributed by atoms with van der Waals surface area (Å²) in [5, 5.41) is 13.3. The maximum absolute atomic E-state index is 8.94. The van der Waals surface area contributed by atoms with E-state index in [0.29, 0.717) is 5.69 Å². The van der Waals surface area contributed by atoms with Crippen molar-refractivity contribution in [3.8, 4) is 0 Å². The lowest BCUT2D eigenvalue weighted by Crippen LogP contribution is -2.15. The Bertz CT molecular complexity index is 491. The number of nitrogens with two attached hydrogens (primary N) is 1. The number of rotatable bonds is 2. The van der Waals surface area contributed by atoms with Gasteiger partial charge in [-0.05, 0) is 19.4 Å². The van der Waals surface area contributed by atoms with E-state index in [-0.39, 0.29) is 6.61 Å². The van der Waals surface area contributed by atoms with Crippen molar-refractivity contribution in [2.45, 2.75) is 19.9 Å². The normalized spacial score (nSPS) is 13.3. The third-order valence-electron chi connectivity index (χ3n) is 2.56. The fourth-order valence-electron chi connectivity index (χ4n) is 1.43. The summed E-state index contributed by atoms with van der Waals surface area (Å²) in [5.41, 5.74) is 9.24. The van der Waals surface area contributed by atoms with Crippen LogP contribution in [0.15, 0.2) is 12.3 Å². The van der Waals surface area contributed by atoms with E-state index >= 15 is 0 Å². The number of aryl methyl sites for hydroxylation is 2. The predicted molar refractivity (Wildman–Crippen MR) is 56.5 cm³/mol. The molecule has 2 heterocycles. The Kier molecular flexibility index (Phi) is 2.42. The molecule has 1 atom stereocenters. The highest BCUT2D eigenvalue weighted by atomic mass is 16.3. The van der Waals surface area contributed by atoms with Crippen LogP contribution in [-0.4, -0.2) is 26.3 Å². The standard InChI is InChI=1S/C10H14N4O/c1-6-4-12-10-3-9(8(11)5-15)13-14(10)7(6)2/h3-4,8,15H,5,11H2,1-2H3. The summed E-state index contributed by atoms with van der Waals surface area (Å²) in [6, 6.07) is 1.36. The van der Waals surface area contributed by atoms with E-state index < -0.39 is 6.04 Å². The first-order valence-corrected chi connectivity index (χ1v) is 4.82. The van der Waals surface area contributed by atoms with Gasteiger partial charge in [-0.3, -0.25) is 0 Å². The minimum Gasteiger partial charge on any atom is -0.394 e. The first kappa shape index (κ1) is 10.1. The van der Waals surface area contributed by atoms with Gasteiger partial charge in [0.1, 0.15) is 0 Å². The third-order valence-corrected chi connectivity index (χ3v) is 2.56. The molecule has 3 N–H and O–H groups in total. The van der Waals surface area contributed by atoms with Crippen molar-refractivity contribution >= 4 is 5.65 Å². The molecule has 2 rings (SSSR count). The van der Waals surface area contributed by atoms with E-state index in [0.717, 1.165) is 16.9 Å². The van der Waals surface area contributed by atoms with Crippen LogP contribution in [0.1, 0.15) is 23.0 Å². The van der Waals surface area contributed by atoms with Gasteiger partial charge < -0.3 is 10.8 Å². The van der Waals surface area contributed by atoms with Crippen LogP contribution in [0.25, 0.3) is 5.65 Å². The molecule has 0 fully saturated rings. The van der Waals surface area contributed by atoms with E-state index in [4.69, 9.17) is 10.8 Å². The number of fused-ring (bicyclic) bond motifs is 1. The first-order chi connectivity index (χ1) is 7.13. The van der Waals surface area contributed by atoms with Crippen LogP contribution in [0, 0.1) is 13.8 Å². The number of hydrogen-bond acceptors (Lipinski definition) is 4. The number of aliphatic hydroxyl groups excluding tert-OH is 1. The number of aromatic nitrogens is 3. The van der Waals surface area contributed by atoms with Crippen molar-refractivity contribution in [1.82, 2.24) is 14.6 Å². The molecule has 0 spiro atoms. The smallest absolute Gasteiger partial charge is 0.155 e. The van der Waals surface area contributed by atoms with Crippen molar-refractivity contribution in [1.29, 1.82) is 0 Å². The Balaban J connectivity index is 2.61. The Hall–Kier alpha value is -1.46. The lowest BCUT2D eigenvalue weighted by atomic mass is 10.2. The summed E-state index contributed by atoms with van der Waals surface area (Å²) in [6.45, 7) is 3.85. The van der Waals surface area contributed by atoms with Crippen molar-refractivity contribution < 1.29 is 5.11 Å². The Labute approximate surface area is 87.6 Å². The van der Waals surface area contributed by atoms with Crippen molar-refractivity contribution in [3.63, 3.8) is 0 Å². The summed E-state index contributed by atoms with van der Waals surface area (Å²) in [6.07, 6.45) is 1.81. The molecule has 2 aromatic heterocycles. The predicted octanol–water partition coefficient (Wildman–Crippen LogP) is 0.338. The minimum atomic E-state index is -0.439. The maximum atomic E-state index is 8.94. The fourth-order valence-corrected chi connectivity index (χ4v) is 1.43. The average Bonchev–Trinajstić information content (AvgIpc) is 2.67. The van der Waals surface area contributed by atoms with Gasteiger partial charge in [-0.25, -0.2) is 9.50 Å². The molecule has 0 aromatic carbocycles. The fraction of sp³-hybridized carbons (Fsp3) is 0.400. The molecule has 0 aliphatic heterocycles. The van der Waals surface area contributed by atoms with E-state index in [1.54, 1.807) is 16.8 Å². The molecule has 80 valence electrons. The van der Waals surface area contributed by atoms with Crippen LogP contribution in [-0.2, 0) is 0 Å². The van der Waals surface area contributed by atoms with E-state index in [1.807, 2.05) is 13.8 Å². The molecule has 1 unspecified atom stereocenters. The second kappa shape index (κ2) is 3.60. The van der Waals surface area contributed by atoms with Gasteiger partial charge in [0.05, 0.1) is 18.3 Å². The largest absolute Gasteiger partial charge is 0.394 e. The van der Waals surface area contributed by atoms with Crippen LogP contribution in [0.5, 0.6) is 0 Å². The van der Waals surface area contributed by atoms with Gasteiger partial charge in [-0.2, -0.15) is 5.10 Å². The molecular weight excluding hydrogens is 192 g/mol. The highest BCUT2D eigenvalue weighted by Gasteiger charge is 2.11. The van der Waals surface area contributed by atoms with Gasteiger partial charge in [0, 0.05) is 18.0 Å². The molecular formula is C10H14N4O. The molecule has 0 saturated heterocycles. The number of aliphatic hydroxyl groups is 1. The highest BCUT2D eigenvalue weighted by molar-refractivity contribution is 5.42. The lowest BCUT2D eigenvalue weighted by molar-refractivity contribution is 0.265. The third kappa shape index (κ3) is 1.60. The lowest BCUT2D eigenvalue weighted by Gasteiger charge is -2.02. The van der Waals surface area contributed by atoms with Gasteiger partial charge in [-0.15, -0.1) is 0 Å². The van der Waals surface area contributed by atoms with E-state index in [2.05, 4.69) is 10.1 Å². The van der Waals surface area contributed by atoms with Crippen LogP contribution in [0.3, 0.4) is 0 Å². The molecule has 0 radical (unpaired) electrons.